The summed E-state index contributed by atoms with van der Waals surface area (Å²) in [6.07, 6.45) is 2.65. The van der Waals surface area contributed by atoms with Crippen molar-refractivity contribution in [2.75, 3.05) is 13.1 Å². The van der Waals surface area contributed by atoms with Crippen molar-refractivity contribution >= 4 is 12.0 Å². The quantitative estimate of drug-likeness (QED) is 0.460. The van der Waals surface area contributed by atoms with E-state index in [9.17, 15) is 10.1 Å². The summed E-state index contributed by atoms with van der Waals surface area (Å²) >= 11 is 0. The highest BCUT2D eigenvalue weighted by atomic mass is 16.2. The van der Waals surface area contributed by atoms with Crippen molar-refractivity contribution in [3.8, 4) is 12.1 Å². The molecule has 0 saturated heterocycles. The van der Waals surface area contributed by atoms with E-state index in [1.807, 2.05) is 32.1 Å². The molecule has 1 aromatic rings. The second kappa shape index (κ2) is 8.05. The molecule has 0 fully saturated rings. The van der Waals surface area contributed by atoms with Crippen LogP contribution in [0, 0.1) is 36.5 Å². The minimum Gasteiger partial charge on any atom is -0.349 e. The van der Waals surface area contributed by atoms with Gasteiger partial charge in [-0.3, -0.25) is 4.79 Å². The maximum absolute atomic E-state index is 12.3. The van der Waals surface area contributed by atoms with Crippen LogP contribution in [0.15, 0.2) is 11.6 Å². The largest absolute Gasteiger partial charge is 0.349 e. The number of hydrogen-bond acceptors (Lipinski definition) is 3. The van der Waals surface area contributed by atoms with E-state index in [1.165, 1.54) is 4.90 Å². The van der Waals surface area contributed by atoms with E-state index in [1.54, 1.807) is 13.0 Å². The first-order chi connectivity index (χ1) is 10.5. The van der Waals surface area contributed by atoms with Gasteiger partial charge in [-0.2, -0.15) is 10.5 Å². The van der Waals surface area contributed by atoms with E-state index < -0.39 is 5.91 Å². The predicted octanol–water partition coefficient (Wildman–Crippen LogP) is 2.79. The van der Waals surface area contributed by atoms with Gasteiger partial charge >= 0.3 is 0 Å². The Morgan fingerprint density at radius 3 is 2.55 bits per heavy atom. The van der Waals surface area contributed by atoms with Crippen molar-refractivity contribution in [1.29, 1.82) is 10.5 Å². The minimum atomic E-state index is -0.396. The molecule has 5 nitrogen and oxygen atoms in total. The molecule has 116 valence electrons. The van der Waals surface area contributed by atoms with Gasteiger partial charge in [-0.1, -0.05) is 6.92 Å². The van der Waals surface area contributed by atoms with Crippen LogP contribution in [-0.4, -0.2) is 28.5 Å². The highest BCUT2D eigenvalue weighted by Crippen LogP contribution is 2.19. The maximum Gasteiger partial charge on any atom is 0.265 e. The average molecular weight is 298 g/mol. The molecule has 0 aliphatic rings. The van der Waals surface area contributed by atoms with Crippen LogP contribution in [0.3, 0.4) is 0 Å². The Kier molecular flexibility index (Phi) is 6.41. The van der Waals surface area contributed by atoms with Crippen LogP contribution in [0.4, 0.5) is 0 Å². The van der Waals surface area contributed by atoms with Crippen LogP contribution in [0.2, 0.25) is 0 Å². The summed E-state index contributed by atoms with van der Waals surface area (Å²) < 4.78 is 2.18. The first kappa shape index (κ1) is 17.5. The third kappa shape index (κ3) is 3.77. The smallest absolute Gasteiger partial charge is 0.265 e. The van der Waals surface area contributed by atoms with Crippen LogP contribution in [-0.2, 0) is 11.3 Å². The zero-order valence-electron chi connectivity index (χ0n) is 13.7. The van der Waals surface area contributed by atoms with Crippen molar-refractivity contribution in [3.63, 3.8) is 0 Å². The molecule has 0 spiro atoms. The summed E-state index contributed by atoms with van der Waals surface area (Å²) in [5.41, 5.74) is 3.10. The summed E-state index contributed by atoms with van der Waals surface area (Å²) in [5, 5.41) is 18.0. The van der Waals surface area contributed by atoms with Crippen LogP contribution in [0.5, 0.6) is 0 Å². The molecular formula is C17H22N4O. The van der Waals surface area contributed by atoms with Gasteiger partial charge in [-0.25, -0.2) is 0 Å². The van der Waals surface area contributed by atoms with Crippen molar-refractivity contribution < 1.29 is 4.79 Å². The molecule has 0 unspecified atom stereocenters. The Labute approximate surface area is 132 Å². The van der Waals surface area contributed by atoms with Gasteiger partial charge in [0.1, 0.15) is 18.2 Å². The molecule has 0 aliphatic carbocycles. The van der Waals surface area contributed by atoms with Gasteiger partial charge in [-0.05, 0) is 44.9 Å². The number of amides is 1. The Morgan fingerprint density at radius 2 is 2.05 bits per heavy atom. The van der Waals surface area contributed by atoms with Crippen LogP contribution < -0.4 is 0 Å². The molecule has 1 heterocycles. The minimum absolute atomic E-state index is 0.0107. The Balaban J connectivity index is 3.19. The molecule has 0 radical (unpaired) electrons. The maximum atomic E-state index is 12.3. The number of nitriles is 2. The third-order valence-corrected chi connectivity index (χ3v) is 3.64. The second-order valence-electron chi connectivity index (χ2n) is 5.13. The highest BCUT2D eigenvalue weighted by Gasteiger charge is 2.17. The summed E-state index contributed by atoms with van der Waals surface area (Å²) in [7, 11) is 0. The fourth-order valence-electron chi connectivity index (χ4n) is 2.42. The number of aryl methyl sites for hydroxylation is 1. The van der Waals surface area contributed by atoms with Gasteiger partial charge in [-0.15, -0.1) is 0 Å². The predicted molar refractivity (Wildman–Crippen MR) is 85.7 cm³/mol. The SMILES string of the molecule is CCCn1c(C)cc(C=C(C#N)C(=O)N(CC)CC#N)c1C. The van der Waals surface area contributed by atoms with Crippen molar-refractivity contribution in [2.45, 2.75) is 40.7 Å². The molecule has 1 rings (SSSR count). The monoisotopic (exact) mass is 298 g/mol. The zero-order chi connectivity index (χ0) is 16.7. The van der Waals surface area contributed by atoms with Gasteiger partial charge < -0.3 is 9.47 Å². The average Bonchev–Trinajstić information content (AvgIpc) is 2.77. The number of hydrogen-bond donors (Lipinski definition) is 0. The lowest BCUT2D eigenvalue weighted by atomic mass is 10.1. The Hall–Kier alpha value is -2.53. The fraction of sp³-hybridized carbons (Fsp3) is 0.471. The van der Waals surface area contributed by atoms with E-state index in [0.29, 0.717) is 6.54 Å². The number of nitrogens with zero attached hydrogens (tertiary/aromatic N) is 4. The number of rotatable bonds is 6. The lowest BCUT2D eigenvalue weighted by molar-refractivity contribution is -0.125. The molecule has 1 amide bonds. The molecule has 0 N–H and O–H groups in total. The van der Waals surface area contributed by atoms with Gasteiger partial charge in [0.05, 0.1) is 6.07 Å². The first-order valence-corrected chi connectivity index (χ1v) is 7.44. The number of carbonyl (C=O) groups is 1. The summed E-state index contributed by atoms with van der Waals surface area (Å²) in [6.45, 7) is 9.21. The topological polar surface area (TPSA) is 72.8 Å². The van der Waals surface area contributed by atoms with Crippen LogP contribution in [0.25, 0.3) is 6.08 Å². The zero-order valence-corrected chi connectivity index (χ0v) is 13.7. The highest BCUT2D eigenvalue weighted by molar-refractivity contribution is 6.01. The van der Waals surface area contributed by atoms with E-state index in [2.05, 4.69) is 11.5 Å². The van der Waals surface area contributed by atoms with Gasteiger partial charge in [0, 0.05) is 24.5 Å². The van der Waals surface area contributed by atoms with Gasteiger partial charge in [0.15, 0.2) is 0 Å². The summed E-state index contributed by atoms with van der Waals surface area (Å²) in [5.74, 6) is -0.396. The molecule has 0 bridgehead atoms. The van der Waals surface area contributed by atoms with E-state index in [0.717, 1.165) is 29.9 Å². The number of likely N-dealkylation sites (N-methyl/N-ethyl adjacent to an activating group) is 1. The van der Waals surface area contributed by atoms with E-state index >= 15 is 0 Å². The fourth-order valence-corrected chi connectivity index (χ4v) is 2.42. The standard InChI is InChI=1S/C17H22N4O/c1-5-8-21-13(3)10-15(14(21)4)11-16(12-19)17(22)20(6-2)9-7-18/h10-11H,5-6,8-9H2,1-4H3. The number of aromatic nitrogens is 1. The number of carbonyl (C=O) groups excluding carboxylic acids is 1. The molecule has 0 aliphatic heterocycles. The van der Waals surface area contributed by atoms with E-state index in [4.69, 9.17) is 5.26 Å². The van der Waals surface area contributed by atoms with Crippen LogP contribution >= 0.6 is 0 Å². The molecule has 5 heteroatoms. The molecule has 0 atom stereocenters. The second-order valence-corrected chi connectivity index (χ2v) is 5.13. The first-order valence-electron chi connectivity index (χ1n) is 7.44. The van der Waals surface area contributed by atoms with Crippen molar-refractivity contribution in [3.05, 3.63) is 28.6 Å². The van der Waals surface area contributed by atoms with Crippen LogP contribution in [0.1, 0.15) is 37.2 Å². The molecule has 0 saturated carbocycles. The Bertz CT molecular complexity index is 655. The molecule has 0 aromatic carbocycles. The normalized spacial score (nSPS) is 10.9. The van der Waals surface area contributed by atoms with Crippen molar-refractivity contribution in [2.24, 2.45) is 0 Å². The molecule has 22 heavy (non-hydrogen) atoms. The summed E-state index contributed by atoms with van der Waals surface area (Å²) in [6, 6.07) is 5.89. The van der Waals surface area contributed by atoms with Gasteiger partial charge in [0.2, 0.25) is 0 Å². The lowest BCUT2D eigenvalue weighted by Crippen LogP contribution is -2.32. The van der Waals surface area contributed by atoms with E-state index in [-0.39, 0.29) is 12.1 Å². The summed E-state index contributed by atoms with van der Waals surface area (Å²) in [4.78, 5) is 13.7. The molecule has 1 aromatic heterocycles. The lowest BCUT2D eigenvalue weighted by Gasteiger charge is -2.16. The third-order valence-electron chi connectivity index (χ3n) is 3.64. The Morgan fingerprint density at radius 1 is 1.36 bits per heavy atom. The van der Waals surface area contributed by atoms with Crippen molar-refractivity contribution in [1.82, 2.24) is 9.47 Å². The molecular weight excluding hydrogens is 276 g/mol. The van der Waals surface area contributed by atoms with Gasteiger partial charge in [0.25, 0.3) is 5.91 Å².